The van der Waals surface area contributed by atoms with E-state index in [1.807, 2.05) is 27.7 Å². The first-order valence-corrected chi connectivity index (χ1v) is 9.85. The number of likely N-dealkylation sites (tertiary alicyclic amines) is 1. The molecule has 26 heavy (non-hydrogen) atoms. The van der Waals surface area contributed by atoms with Gasteiger partial charge in [0, 0.05) is 51.9 Å². The third-order valence-corrected chi connectivity index (χ3v) is 4.53. The lowest BCUT2D eigenvalue weighted by Gasteiger charge is -2.35. The molecule has 7 heteroatoms. The van der Waals surface area contributed by atoms with Crippen LogP contribution in [0, 0.1) is 0 Å². The van der Waals surface area contributed by atoms with Gasteiger partial charge in [-0.15, -0.1) is 0 Å². The molecule has 1 amide bonds. The normalized spacial score (nSPS) is 17.3. The molecule has 0 aromatic carbocycles. The topological polar surface area (TPSA) is 69.2 Å². The highest BCUT2D eigenvalue weighted by atomic mass is 16.6. The predicted octanol–water partition coefficient (Wildman–Crippen LogP) is 2.28. The van der Waals surface area contributed by atoms with Crippen LogP contribution in [0.25, 0.3) is 0 Å². The van der Waals surface area contributed by atoms with E-state index in [1.165, 1.54) is 0 Å². The third-order valence-electron chi connectivity index (χ3n) is 4.53. The smallest absolute Gasteiger partial charge is 0.410 e. The second kappa shape index (κ2) is 10.6. The molecule has 0 bridgehead atoms. The van der Waals surface area contributed by atoms with Crippen molar-refractivity contribution >= 4 is 12.1 Å². The SMILES string of the molecule is CCN(CCNC(=NC)NC1CCN(C(C)C)CC1)C(=O)OC(C)(C)C. The van der Waals surface area contributed by atoms with Gasteiger partial charge in [-0.3, -0.25) is 4.99 Å². The van der Waals surface area contributed by atoms with Gasteiger partial charge in [0.15, 0.2) is 5.96 Å². The molecular formula is C19H39N5O2. The lowest BCUT2D eigenvalue weighted by atomic mass is 10.0. The van der Waals surface area contributed by atoms with Crippen molar-refractivity contribution in [2.75, 3.05) is 39.8 Å². The van der Waals surface area contributed by atoms with Crippen molar-refractivity contribution in [3.8, 4) is 0 Å². The predicted molar refractivity (Wildman–Crippen MR) is 108 cm³/mol. The van der Waals surface area contributed by atoms with Crippen LogP contribution in [0.4, 0.5) is 4.79 Å². The van der Waals surface area contributed by atoms with E-state index in [0.29, 0.717) is 31.7 Å². The number of carbonyl (C=O) groups excluding carboxylic acids is 1. The van der Waals surface area contributed by atoms with E-state index >= 15 is 0 Å². The maximum absolute atomic E-state index is 12.2. The highest BCUT2D eigenvalue weighted by Gasteiger charge is 2.22. The van der Waals surface area contributed by atoms with Gasteiger partial charge in [-0.1, -0.05) is 0 Å². The number of hydrogen-bond donors (Lipinski definition) is 2. The molecule has 7 nitrogen and oxygen atoms in total. The largest absolute Gasteiger partial charge is 0.444 e. The summed E-state index contributed by atoms with van der Waals surface area (Å²) in [5, 5.41) is 6.81. The molecule has 1 rings (SSSR count). The monoisotopic (exact) mass is 369 g/mol. The molecule has 2 N–H and O–H groups in total. The number of hydrogen-bond acceptors (Lipinski definition) is 4. The van der Waals surface area contributed by atoms with E-state index < -0.39 is 5.60 Å². The molecule has 0 saturated carbocycles. The number of ether oxygens (including phenoxy) is 1. The zero-order valence-corrected chi connectivity index (χ0v) is 17.8. The quantitative estimate of drug-likeness (QED) is 0.555. The van der Waals surface area contributed by atoms with Gasteiger partial charge in [0.05, 0.1) is 0 Å². The number of guanidine groups is 1. The van der Waals surface area contributed by atoms with Crippen molar-refractivity contribution in [3.63, 3.8) is 0 Å². The standard InChI is InChI=1S/C19H39N5O2/c1-8-23(18(25)26-19(4,5)6)14-11-21-17(20-7)22-16-9-12-24(13-10-16)15(2)3/h15-16H,8-14H2,1-7H3,(H2,20,21,22). The summed E-state index contributed by atoms with van der Waals surface area (Å²) in [7, 11) is 1.78. The maximum atomic E-state index is 12.2. The summed E-state index contributed by atoms with van der Waals surface area (Å²) in [6.07, 6.45) is 1.97. The molecule has 1 aliphatic rings. The van der Waals surface area contributed by atoms with Crippen LogP contribution in [0.3, 0.4) is 0 Å². The lowest BCUT2D eigenvalue weighted by Crippen LogP contribution is -2.51. The van der Waals surface area contributed by atoms with Crippen LogP contribution >= 0.6 is 0 Å². The van der Waals surface area contributed by atoms with Crippen LogP contribution in [0.15, 0.2) is 4.99 Å². The first-order valence-electron chi connectivity index (χ1n) is 9.85. The Balaban J connectivity index is 2.36. The average Bonchev–Trinajstić information content (AvgIpc) is 2.56. The van der Waals surface area contributed by atoms with Crippen LogP contribution in [0.2, 0.25) is 0 Å². The Kier molecular flexibility index (Phi) is 9.19. The Bertz CT molecular complexity index is 451. The Labute approximate surface area is 159 Å². The summed E-state index contributed by atoms with van der Waals surface area (Å²) in [5.41, 5.74) is -0.472. The van der Waals surface area contributed by atoms with E-state index in [4.69, 9.17) is 4.74 Å². The van der Waals surface area contributed by atoms with E-state index in [-0.39, 0.29) is 6.09 Å². The molecule has 0 spiro atoms. The van der Waals surface area contributed by atoms with Crippen molar-refractivity contribution in [1.29, 1.82) is 0 Å². The minimum absolute atomic E-state index is 0.272. The average molecular weight is 370 g/mol. The summed E-state index contributed by atoms with van der Waals surface area (Å²) in [4.78, 5) is 20.7. The number of nitrogens with zero attached hydrogens (tertiary/aromatic N) is 3. The zero-order valence-electron chi connectivity index (χ0n) is 17.8. The van der Waals surface area contributed by atoms with Crippen LogP contribution in [0.1, 0.15) is 54.4 Å². The van der Waals surface area contributed by atoms with Gasteiger partial charge in [0.2, 0.25) is 0 Å². The Hall–Kier alpha value is -1.50. The van der Waals surface area contributed by atoms with Crippen molar-refractivity contribution in [2.24, 2.45) is 4.99 Å². The van der Waals surface area contributed by atoms with Crippen molar-refractivity contribution in [1.82, 2.24) is 20.4 Å². The van der Waals surface area contributed by atoms with E-state index in [2.05, 4.69) is 34.4 Å². The molecule has 0 aliphatic carbocycles. The number of amides is 1. The fraction of sp³-hybridized carbons (Fsp3) is 0.895. The molecule has 1 aliphatic heterocycles. The third kappa shape index (κ3) is 8.25. The fourth-order valence-electron chi connectivity index (χ4n) is 2.96. The highest BCUT2D eigenvalue weighted by Crippen LogP contribution is 2.13. The highest BCUT2D eigenvalue weighted by molar-refractivity contribution is 5.80. The Morgan fingerprint density at radius 2 is 1.92 bits per heavy atom. The fourth-order valence-corrected chi connectivity index (χ4v) is 2.96. The Morgan fingerprint density at radius 3 is 2.38 bits per heavy atom. The minimum atomic E-state index is -0.472. The van der Waals surface area contributed by atoms with Gasteiger partial charge in [-0.25, -0.2) is 4.79 Å². The Morgan fingerprint density at radius 1 is 1.31 bits per heavy atom. The second-order valence-electron chi connectivity index (χ2n) is 8.11. The molecule has 0 aromatic heterocycles. The van der Waals surface area contributed by atoms with Crippen molar-refractivity contribution < 1.29 is 9.53 Å². The first-order chi connectivity index (χ1) is 12.2. The van der Waals surface area contributed by atoms with Crippen molar-refractivity contribution in [3.05, 3.63) is 0 Å². The van der Waals surface area contributed by atoms with Crippen LogP contribution in [-0.4, -0.2) is 79.3 Å². The van der Waals surface area contributed by atoms with Gasteiger partial charge < -0.3 is 25.2 Å². The van der Waals surface area contributed by atoms with Crippen LogP contribution in [-0.2, 0) is 4.74 Å². The number of likely N-dealkylation sites (N-methyl/N-ethyl adjacent to an activating group) is 1. The molecule has 0 aromatic rings. The summed E-state index contributed by atoms with van der Waals surface area (Å²) in [6.45, 7) is 16.2. The van der Waals surface area contributed by atoms with Gasteiger partial charge in [-0.05, 0) is 54.4 Å². The number of aliphatic imine (C=N–C) groups is 1. The van der Waals surface area contributed by atoms with Crippen molar-refractivity contribution in [2.45, 2.75) is 72.1 Å². The molecule has 1 saturated heterocycles. The molecule has 0 atom stereocenters. The van der Waals surface area contributed by atoms with Crippen LogP contribution in [0.5, 0.6) is 0 Å². The van der Waals surface area contributed by atoms with Gasteiger partial charge in [0.1, 0.15) is 5.60 Å². The van der Waals surface area contributed by atoms with E-state index in [1.54, 1.807) is 11.9 Å². The van der Waals surface area contributed by atoms with Gasteiger partial charge in [0.25, 0.3) is 0 Å². The summed E-state index contributed by atoms with van der Waals surface area (Å²) < 4.78 is 5.43. The van der Waals surface area contributed by atoms with E-state index in [0.717, 1.165) is 31.9 Å². The molecule has 0 radical (unpaired) electrons. The second-order valence-corrected chi connectivity index (χ2v) is 8.11. The first kappa shape index (κ1) is 22.5. The molecule has 1 fully saturated rings. The summed E-state index contributed by atoms with van der Waals surface area (Å²) >= 11 is 0. The molecular weight excluding hydrogens is 330 g/mol. The van der Waals surface area contributed by atoms with Gasteiger partial charge in [-0.2, -0.15) is 0 Å². The molecule has 0 unspecified atom stereocenters. The lowest BCUT2D eigenvalue weighted by molar-refractivity contribution is 0.0264. The van der Waals surface area contributed by atoms with E-state index in [9.17, 15) is 4.79 Å². The number of piperidine rings is 1. The number of rotatable bonds is 6. The summed E-state index contributed by atoms with van der Waals surface area (Å²) in [5.74, 6) is 0.799. The number of carbonyl (C=O) groups is 1. The number of nitrogens with one attached hydrogen (secondary N) is 2. The van der Waals surface area contributed by atoms with Gasteiger partial charge >= 0.3 is 6.09 Å². The summed E-state index contributed by atoms with van der Waals surface area (Å²) in [6, 6.07) is 1.06. The molecule has 1 heterocycles. The maximum Gasteiger partial charge on any atom is 0.410 e. The molecule has 152 valence electrons. The van der Waals surface area contributed by atoms with Crippen LogP contribution < -0.4 is 10.6 Å². The minimum Gasteiger partial charge on any atom is -0.444 e. The zero-order chi connectivity index (χ0) is 19.7.